The Balaban J connectivity index is 1.84. The molecule has 2 amide bonds. The van der Waals surface area contributed by atoms with Crippen molar-refractivity contribution in [3.8, 4) is 0 Å². The Labute approximate surface area is 106 Å². The van der Waals surface area contributed by atoms with Crippen LogP contribution in [0.1, 0.15) is 40.5 Å². The Hall–Kier alpha value is -1.84. The van der Waals surface area contributed by atoms with Gasteiger partial charge in [0.2, 0.25) is 0 Å². The van der Waals surface area contributed by atoms with E-state index < -0.39 is 0 Å². The number of amides is 2. The fourth-order valence-corrected chi connectivity index (χ4v) is 2.71. The van der Waals surface area contributed by atoms with Gasteiger partial charge >= 0.3 is 0 Å². The highest BCUT2D eigenvalue weighted by molar-refractivity contribution is 6.21. The van der Waals surface area contributed by atoms with Crippen molar-refractivity contribution < 1.29 is 9.59 Å². The first-order valence-electron chi connectivity index (χ1n) is 6.29. The van der Waals surface area contributed by atoms with Crippen LogP contribution in [0.15, 0.2) is 18.2 Å². The fourth-order valence-electron chi connectivity index (χ4n) is 2.71. The number of rotatable bonds is 2. The molecule has 1 aromatic rings. The van der Waals surface area contributed by atoms with Crippen LogP contribution in [-0.4, -0.2) is 29.8 Å². The lowest BCUT2D eigenvalue weighted by Crippen LogP contribution is -2.33. The van der Waals surface area contributed by atoms with Crippen LogP contribution in [0.3, 0.4) is 0 Å². The van der Waals surface area contributed by atoms with Crippen molar-refractivity contribution in [1.82, 2.24) is 4.90 Å². The van der Waals surface area contributed by atoms with E-state index in [2.05, 4.69) is 12.2 Å². The highest BCUT2D eigenvalue weighted by Crippen LogP contribution is 2.31. The Morgan fingerprint density at radius 1 is 1.17 bits per heavy atom. The number of imide groups is 1. The molecule has 0 bridgehead atoms. The third kappa shape index (κ3) is 1.60. The molecule has 3 rings (SSSR count). The van der Waals surface area contributed by atoms with Crippen molar-refractivity contribution in [3.05, 3.63) is 29.3 Å². The van der Waals surface area contributed by atoms with E-state index in [9.17, 15) is 9.59 Å². The molecule has 18 heavy (non-hydrogen) atoms. The summed E-state index contributed by atoms with van der Waals surface area (Å²) in [7, 11) is 1.52. The van der Waals surface area contributed by atoms with Gasteiger partial charge in [-0.2, -0.15) is 0 Å². The van der Waals surface area contributed by atoms with Gasteiger partial charge in [-0.1, -0.05) is 6.92 Å². The van der Waals surface area contributed by atoms with Gasteiger partial charge in [-0.15, -0.1) is 0 Å². The molecule has 2 aliphatic rings. The first kappa shape index (κ1) is 11.3. The SMILES string of the molecule is CC1CC(Nc2ccc3c(c2)C(=O)N(C)C3=O)C1. The number of fused-ring (bicyclic) bond motifs is 1. The molecule has 1 aliphatic heterocycles. The number of anilines is 1. The summed E-state index contributed by atoms with van der Waals surface area (Å²) >= 11 is 0. The van der Waals surface area contributed by atoms with Gasteiger partial charge in [0.25, 0.3) is 11.8 Å². The lowest BCUT2D eigenvalue weighted by molar-refractivity contribution is 0.0693. The molecule has 1 N–H and O–H groups in total. The van der Waals surface area contributed by atoms with Gasteiger partial charge < -0.3 is 5.32 Å². The number of hydrogen-bond donors (Lipinski definition) is 1. The Kier molecular flexibility index (Phi) is 2.40. The van der Waals surface area contributed by atoms with E-state index in [0.717, 1.165) is 11.6 Å². The zero-order valence-corrected chi connectivity index (χ0v) is 10.6. The van der Waals surface area contributed by atoms with Gasteiger partial charge in [-0.3, -0.25) is 14.5 Å². The molecule has 0 aromatic heterocycles. The van der Waals surface area contributed by atoms with Crippen molar-refractivity contribution in [2.45, 2.75) is 25.8 Å². The lowest BCUT2D eigenvalue weighted by atomic mass is 9.82. The molecule has 94 valence electrons. The topological polar surface area (TPSA) is 49.4 Å². The van der Waals surface area contributed by atoms with Crippen LogP contribution in [0.4, 0.5) is 5.69 Å². The first-order valence-corrected chi connectivity index (χ1v) is 6.29. The average molecular weight is 244 g/mol. The zero-order chi connectivity index (χ0) is 12.9. The highest BCUT2D eigenvalue weighted by atomic mass is 16.2. The summed E-state index contributed by atoms with van der Waals surface area (Å²) in [5.74, 6) is 0.366. The summed E-state index contributed by atoms with van der Waals surface area (Å²) in [6.07, 6.45) is 2.34. The van der Waals surface area contributed by atoms with Crippen molar-refractivity contribution in [2.75, 3.05) is 12.4 Å². The minimum absolute atomic E-state index is 0.208. The molecular formula is C14H16N2O2. The highest BCUT2D eigenvalue weighted by Gasteiger charge is 2.33. The average Bonchev–Trinajstić information content (AvgIpc) is 2.53. The molecule has 4 heteroatoms. The first-order chi connectivity index (χ1) is 8.56. The molecule has 0 unspecified atom stereocenters. The van der Waals surface area contributed by atoms with E-state index in [-0.39, 0.29) is 11.8 Å². The smallest absolute Gasteiger partial charge is 0.261 e. The summed E-state index contributed by atoms with van der Waals surface area (Å²) in [4.78, 5) is 24.8. The van der Waals surface area contributed by atoms with Crippen molar-refractivity contribution in [2.24, 2.45) is 5.92 Å². The van der Waals surface area contributed by atoms with Gasteiger partial charge in [0, 0.05) is 18.8 Å². The molecule has 1 saturated carbocycles. The van der Waals surface area contributed by atoms with Crippen LogP contribution in [0.2, 0.25) is 0 Å². The van der Waals surface area contributed by atoms with E-state index in [4.69, 9.17) is 0 Å². The summed E-state index contributed by atoms with van der Waals surface area (Å²) in [5, 5.41) is 3.41. The summed E-state index contributed by atoms with van der Waals surface area (Å²) < 4.78 is 0. The van der Waals surface area contributed by atoms with Crippen LogP contribution < -0.4 is 5.32 Å². The van der Waals surface area contributed by atoms with E-state index in [1.807, 2.05) is 6.07 Å². The standard InChI is InChI=1S/C14H16N2O2/c1-8-5-10(6-8)15-9-3-4-11-12(7-9)14(18)16(2)13(11)17/h3-4,7-8,10,15H,5-6H2,1-2H3. The fraction of sp³-hybridized carbons (Fsp3) is 0.429. The van der Waals surface area contributed by atoms with Crippen LogP contribution in [0.25, 0.3) is 0 Å². The maximum Gasteiger partial charge on any atom is 0.261 e. The van der Waals surface area contributed by atoms with E-state index in [0.29, 0.717) is 17.2 Å². The van der Waals surface area contributed by atoms with Crippen molar-refractivity contribution in [1.29, 1.82) is 0 Å². The van der Waals surface area contributed by atoms with Crippen LogP contribution in [0.5, 0.6) is 0 Å². The number of nitrogens with zero attached hydrogens (tertiary/aromatic N) is 1. The van der Waals surface area contributed by atoms with Gasteiger partial charge in [0.05, 0.1) is 11.1 Å². The minimum Gasteiger partial charge on any atom is -0.382 e. The van der Waals surface area contributed by atoms with Gasteiger partial charge in [-0.25, -0.2) is 0 Å². The maximum atomic E-state index is 11.9. The lowest BCUT2D eigenvalue weighted by Gasteiger charge is -2.34. The van der Waals surface area contributed by atoms with E-state index in [1.54, 1.807) is 12.1 Å². The second-order valence-corrected chi connectivity index (χ2v) is 5.35. The number of carbonyl (C=O) groups excluding carboxylic acids is 2. The van der Waals surface area contributed by atoms with Gasteiger partial charge in [0.1, 0.15) is 0 Å². The molecule has 0 saturated heterocycles. The van der Waals surface area contributed by atoms with E-state index in [1.165, 1.54) is 24.8 Å². The second kappa shape index (κ2) is 3.83. The Morgan fingerprint density at radius 2 is 1.83 bits per heavy atom. The molecular weight excluding hydrogens is 228 g/mol. The number of hydrogen-bond acceptors (Lipinski definition) is 3. The quantitative estimate of drug-likeness (QED) is 0.811. The number of benzene rings is 1. The largest absolute Gasteiger partial charge is 0.382 e. The predicted molar refractivity (Wildman–Crippen MR) is 68.7 cm³/mol. The van der Waals surface area contributed by atoms with Crippen LogP contribution in [-0.2, 0) is 0 Å². The second-order valence-electron chi connectivity index (χ2n) is 5.35. The maximum absolute atomic E-state index is 11.9. The third-order valence-electron chi connectivity index (χ3n) is 3.83. The van der Waals surface area contributed by atoms with Gasteiger partial charge in [0.15, 0.2) is 0 Å². The summed E-state index contributed by atoms with van der Waals surface area (Å²) in [6, 6.07) is 5.92. The molecule has 0 spiro atoms. The summed E-state index contributed by atoms with van der Waals surface area (Å²) in [6.45, 7) is 2.23. The van der Waals surface area contributed by atoms with E-state index >= 15 is 0 Å². The minimum atomic E-state index is -0.209. The molecule has 1 aromatic carbocycles. The third-order valence-corrected chi connectivity index (χ3v) is 3.83. The summed E-state index contributed by atoms with van der Waals surface area (Å²) in [5.41, 5.74) is 1.96. The van der Waals surface area contributed by atoms with Gasteiger partial charge in [-0.05, 0) is 37.0 Å². The number of nitrogens with one attached hydrogen (secondary N) is 1. The normalized spacial score (nSPS) is 26.0. The van der Waals surface area contributed by atoms with Crippen LogP contribution >= 0.6 is 0 Å². The predicted octanol–water partition coefficient (Wildman–Crippen LogP) is 2.12. The molecule has 1 fully saturated rings. The molecule has 1 aliphatic carbocycles. The zero-order valence-electron chi connectivity index (χ0n) is 10.6. The molecule has 4 nitrogen and oxygen atoms in total. The molecule has 1 heterocycles. The molecule has 0 radical (unpaired) electrons. The van der Waals surface area contributed by atoms with Crippen molar-refractivity contribution in [3.63, 3.8) is 0 Å². The Bertz CT molecular complexity index is 533. The van der Waals surface area contributed by atoms with Crippen LogP contribution in [0, 0.1) is 5.92 Å². The van der Waals surface area contributed by atoms with Crippen molar-refractivity contribution >= 4 is 17.5 Å². The molecule has 0 atom stereocenters. The monoisotopic (exact) mass is 244 g/mol. The number of carbonyl (C=O) groups is 2. The Morgan fingerprint density at radius 3 is 2.50 bits per heavy atom.